The van der Waals surface area contributed by atoms with Gasteiger partial charge in [-0.05, 0) is 12.1 Å². The highest BCUT2D eigenvalue weighted by Crippen LogP contribution is 2.10. The Bertz CT molecular complexity index is 276. The van der Waals surface area contributed by atoms with E-state index in [0.29, 0.717) is 6.04 Å². The fraction of sp³-hybridized carbons (Fsp3) is 0.222. The zero-order valence-corrected chi connectivity index (χ0v) is 5.99. The highest BCUT2D eigenvalue weighted by atomic mass is 15.0. The van der Waals surface area contributed by atoms with Crippen LogP contribution in [0.3, 0.4) is 0 Å². The normalized spacial score (nSPS) is 21.1. The summed E-state index contributed by atoms with van der Waals surface area (Å²) in [6.07, 6.45) is 6.47. The van der Waals surface area contributed by atoms with E-state index >= 15 is 0 Å². The molecule has 1 aliphatic heterocycles. The van der Waals surface area contributed by atoms with E-state index in [1.54, 1.807) is 0 Å². The molecule has 0 fully saturated rings. The van der Waals surface area contributed by atoms with Crippen LogP contribution in [0.5, 0.6) is 0 Å². The molecular formula is C9H10N+. The second kappa shape index (κ2) is 1.94. The van der Waals surface area contributed by atoms with E-state index in [4.69, 9.17) is 0 Å². The first-order chi connectivity index (χ1) is 4.88. The second-order valence-electron chi connectivity index (χ2n) is 2.63. The van der Waals surface area contributed by atoms with Crippen molar-refractivity contribution in [2.24, 2.45) is 0 Å². The summed E-state index contributed by atoms with van der Waals surface area (Å²) in [5.74, 6) is 0. The average Bonchev–Trinajstić information content (AvgIpc) is 2.34. The number of hydrogen-bond donors (Lipinski definition) is 0. The third kappa shape index (κ3) is 0.670. The van der Waals surface area contributed by atoms with Crippen LogP contribution in [0.25, 0.3) is 6.08 Å². The fourth-order valence-electron chi connectivity index (χ4n) is 1.31. The van der Waals surface area contributed by atoms with Crippen LogP contribution in [0, 0.1) is 0 Å². The molecule has 1 heteroatoms. The zero-order chi connectivity index (χ0) is 6.97. The highest BCUT2D eigenvalue weighted by molar-refractivity contribution is 5.43. The van der Waals surface area contributed by atoms with Crippen molar-refractivity contribution in [1.29, 1.82) is 0 Å². The predicted octanol–water partition coefficient (Wildman–Crippen LogP) is 1.56. The number of allylic oxidation sites excluding steroid dienone is 1. The van der Waals surface area contributed by atoms with E-state index in [0.717, 1.165) is 0 Å². The van der Waals surface area contributed by atoms with Crippen molar-refractivity contribution in [1.82, 2.24) is 0 Å². The van der Waals surface area contributed by atoms with Gasteiger partial charge >= 0.3 is 0 Å². The fourth-order valence-corrected chi connectivity index (χ4v) is 1.31. The lowest BCUT2D eigenvalue weighted by molar-refractivity contribution is -0.706. The summed E-state index contributed by atoms with van der Waals surface area (Å²) in [5, 5.41) is 0. The maximum atomic E-state index is 2.25. The quantitative estimate of drug-likeness (QED) is 0.472. The van der Waals surface area contributed by atoms with Crippen LogP contribution in [-0.4, -0.2) is 0 Å². The minimum absolute atomic E-state index is 0.538. The molecule has 0 aliphatic carbocycles. The number of pyridine rings is 1. The van der Waals surface area contributed by atoms with Crippen LogP contribution in [-0.2, 0) is 0 Å². The molecule has 1 atom stereocenters. The Labute approximate surface area is 60.6 Å². The molecule has 0 unspecified atom stereocenters. The van der Waals surface area contributed by atoms with Gasteiger partial charge in [-0.2, -0.15) is 4.57 Å². The molecule has 2 rings (SSSR count). The van der Waals surface area contributed by atoms with Gasteiger partial charge < -0.3 is 0 Å². The van der Waals surface area contributed by atoms with Gasteiger partial charge in [0.25, 0.3) is 0 Å². The van der Waals surface area contributed by atoms with Crippen molar-refractivity contribution in [3.05, 3.63) is 36.2 Å². The Hall–Kier alpha value is -1.11. The van der Waals surface area contributed by atoms with Gasteiger partial charge in [0.2, 0.25) is 5.69 Å². The molecule has 0 bridgehead atoms. The maximum absolute atomic E-state index is 2.25. The van der Waals surface area contributed by atoms with Crippen molar-refractivity contribution in [3.63, 3.8) is 0 Å². The summed E-state index contributed by atoms with van der Waals surface area (Å²) in [7, 11) is 0. The van der Waals surface area contributed by atoms with E-state index in [2.05, 4.69) is 48.0 Å². The molecular weight excluding hydrogens is 122 g/mol. The van der Waals surface area contributed by atoms with Crippen molar-refractivity contribution >= 4 is 6.08 Å². The van der Waals surface area contributed by atoms with Crippen LogP contribution < -0.4 is 4.57 Å². The largest absolute Gasteiger partial charge is 0.205 e. The summed E-state index contributed by atoms with van der Waals surface area (Å²) in [6, 6.07) is 6.79. The molecule has 0 saturated heterocycles. The zero-order valence-electron chi connectivity index (χ0n) is 5.99. The summed E-state index contributed by atoms with van der Waals surface area (Å²) in [4.78, 5) is 0. The van der Waals surface area contributed by atoms with Crippen molar-refractivity contribution < 1.29 is 4.57 Å². The number of hydrogen-bond acceptors (Lipinski definition) is 0. The monoisotopic (exact) mass is 132 g/mol. The Kier molecular flexibility index (Phi) is 1.10. The minimum atomic E-state index is 0.538. The van der Waals surface area contributed by atoms with Gasteiger partial charge in [0, 0.05) is 25.1 Å². The topological polar surface area (TPSA) is 3.88 Å². The smallest absolute Gasteiger partial charge is 0.193 e. The summed E-state index contributed by atoms with van der Waals surface area (Å²) in [6.45, 7) is 2.19. The predicted molar refractivity (Wildman–Crippen MR) is 40.4 cm³/mol. The number of nitrogens with zero attached hydrogens (tertiary/aromatic N) is 1. The Balaban J connectivity index is 2.59. The second-order valence-corrected chi connectivity index (χ2v) is 2.63. The molecule has 0 saturated carbocycles. The van der Waals surface area contributed by atoms with Crippen LogP contribution in [0.15, 0.2) is 30.5 Å². The first-order valence-electron chi connectivity index (χ1n) is 3.56. The Morgan fingerprint density at radius 2 is 2.30 bits per heavy atom. The Morgan fingerprint density at radius 1 is 1.40 bits per heavy atom. The van der Waals surface area contributed by atoms with Crippen molar-refractivity contribution in [3.8, 4) is 0 Å². The third-order valence-corrected chi connectivity index (χ3v) is 1.91. The maximum Gasteiger partial charge on any atom is 0.205 e. The lowest BCUT2D eigenvalue weighted by Gasteiger charge is -1.95. The number of fused-ring (bicyclic) bond motifs is 1. The van der Waals surface area contributed by atoms with Gasteiger partial charge in [0.05, 0.1) is 0 Å². The van der Waals surface area contributed by atoms with Crippen LogP contribution in [0.1, 0.15) is 18.7 Å². The first kappa shape index (κ1) is 5.66. The van der Waals surface area contributed by atoms with E-state index in [1.165, 1.54) is 5.69 Å². The lowest BCUT2D eigenvalue weighted by atomic mass is 10.3. The molecule has 1 nitrogen and oxygen atoms in total. The molecule has 1 aliphatic rings. The summed E-state index contributed by atoms with van der Waals surface area (Å²) >= 11 is 0. The molecule has 0 N–H and O–H groups in total. The van der Waals surface area contributed by atoms with Crippen LogP contribution >= 0.6 is 0 Å². The van der Waals surface area contributed by atoms with Crippen LogP contribution in [0.4, 0.5) is 0 Å². The van der Waals surface area contributed by atoms with Gasteiger partial charge in [0.1, 0.15) is 0 Å². The van der Waals surface area contributed by atoms with E-state index in [1.807, 2.05) is 0 Å². The molecule has 0 radical (unpaired) electrons. The van der Waals surface area contributed by atoms with E-state index in [9.17, 15) is 0 Å². The molecule has 50 valence electrons. The first-order valence-corrected chi connectivity index (χ1v) is 3.56. The lowest BCUT2D eigenvalue weighted by Crippen LogP contribution is -2.35. The SMILES string of the molecule is C[C@H]1C=Cc2cccc[n+]21. The minimum Gasteiger partial charge on any atom is -0.193 e. The highest BCUT2D eigenvalue weighted by Gasteiger charge is 2.18. The standard InChI is InChI=1S/C9H10N/c1-8-5-6-9-4-2-3-7-10(8)9/h2-8H,1H3/q+1/t8-/m0/s1. The van der Waals surface area contributed by atoms with Gasteiger partial charge in [-0.1, -0.05) is 0 Å². The molecule has 0 aromatic carbocycles. The molecule has 1 aromatic heterocycles. The van der Waals surface area contributed by atoms with Gasteiger partial charge in [-0.3, -0.25) is 0 Å². The summed E-state index contributed by atoms with van der Waals surface area (Å²) in [5.41, 5.74) is 1.30. The Morgan fingerprint density at radius 3 is 3.10 bits per heavy atom. The number of rotatable bonds is 0. The molecule has 2 heterocycles. The molecule has 1 aromatic rings. The van der Waals surface area contributed by atoms with E-state index < -0.39 is 0 Å². The van der Waals surface area contributed by atoms with E-state index in [-0.39, 0.29) is 0 Å². The third-order valence-electron chi connectivity index (χ3n) is 1.91. The molecule has 10 heavy (non-hydrogen) atoms. The molecule has 0 spiro atoms. The van der Waals surface area contributed by atoms with Crippen LogP contribution in [0.2, 0.25) is 0 Å². The van der Waals surface area contributed by atoms with Crippen molar-refractivity contribution in [2.75, 3.05) is 0 Å². The number of aromatic nitrogens is 1. The molecule has 0 amide bonds. The van der Waals surface area contributed by atoms with Gasteiger partial charge in [-0.15, -0.1) is 0 Å². The average molecular weight is 132 g/mol. The summed E-state index contributed by atoms with van der Waals surface area (Å²) < 4.78 is 2.25. The van der Waals surface area contributed by atoms with Gasteiger partial charge in [0.15, 0.2) is 12.2 Å². The van der Waals surface area contributed by atoms with Gasteiger partial charge in [-0.25, -0.2) is 0 Å². The van der Waals surface area contributed by atoms with Crippen molar-refractivity contribution in [2.45, 2.75) is 13.0 Å².